The number of rotatable bonds is 0. The minimum absolute atomic E-state index is 0.788. The van der Waals surface area contributed by atoms with E-state index in [-0.39, 0.29) is 0 Å². The van der Waals surface area contributed by atoms with Gasteiger partial charge in [-0.05, 0) is 0 Å². The second-order valence-corrected chi connectivity index (χ2v) is 3.87. The van der Waals surface area contributed by atoms with Crippen molar-refractivity contribution in [3.63, 3.8) is 0 Å². The molecule has 0 unspecified atom stereocenters. The predicted molar refractivity (Wildman–Crippen MR) is 32.9 cm³/mol. The van der Waals surface area contributed by atoms with E-state index in [9.17, 15) is 0 Å². The Hall–Kier alpha value is 0.299. The van der Waals surface area contributed by atoms with Gasteiger partial charge in [0.1, 0.15) is 0 Å². The molecule has 0 atom stereocenters. The third-order valence-electron chi connectivity index (χ3n) is 1.13. The molecule has 7 heavy (non-hydrogen) atoms. The van der Waals surface area contributed by atoms with Gasteiger partial charge in [-0.2, -0.15) is 0 Å². The summed E-state index contributed by atoms with van der Waals surface area (Å²) < 4.78 is 3.41. The molecule has 0 saturated carbocycles. The van der Waals surface area contributed by atoms with Gasteiger partial charge in [0.25, 0.3) is 0 Å². The monoisotopic (exact) mass is 162 g/mol. The zero-order chi connectivity index (χ0) is 4.95. The van der Waals surface area contributed by atoms with Crippen molar-refractivity contribution in [2.45, 2.75) is 31.0 Å². The SMILES string of the molecule is C1#[Se]CCCCC1. The Labute approximate surface area is 50.6 Å². The molecule has 1 aliphatic heterocycles. The topological polar surface area (TPSA) is 0 Å². The molecule has 0 fully saturated rings. The summed E-state index contributed by atoms with van der Waals surface area (Å²) >= 11 is 0.788. The molecular formula is C6H10Se. The predicted octanol–water partition coefficient (Wildman–Crippen LogP) is 1.64. The van der Waals surface area contributed by atoms with Gasteiger partial charge in [-0.3, -0.25) is 0 Å². The van der Waals surface area contributed by atoms with Crippen LogP contribution in [-0.2, 0) is 0 Å². The zero-order valence-corrected chi connectivity index (χ0v) is 6.16. The maximum absolute atomic E-state index is 3.41. The molecule has 0 aromatic carbocycles. The second-order valence-electron chi connectivity index (χ2n) is 1.80. The van der Waals surface area contributed by atoms with Crippen molar-refractivity contribution in [3.05, 3.63) is 0 Å². The van der Waals surface area contributed by atoms with Crippen LogP contribution in [0.3, 0.4) is 0 Å². The maximum atomic E-state index is 3.41. The molecule has 0 amide bonds. The van der Waals surface area contributed by atoms with Crippen LogP contribution in [0.15, 0.2) is 0 Å². The Balaban J connectivity index is 2.26. The molecule has 1 aliphatic rings. The quantitative estimate of drug-likeness (QED) is 0.474. The van der Waals surface area contributed by atoms with Crippen LogP contribution in [0.4, 0.5) is 0 Å². The Kier molecular flexibility index (Phi) is 2.58. The molecule has 0 spiro atoms. The molecule has 0 saturated heterocycles. The minimum atomic E-state index is 0.788. The van der Waals surface area contributed by atoms with Crippen molar-refractivity contribution in [1.82, 2.24) is 0 Å². The Bertz CT molecular complexity index is 86.5. The first-order chi connectivity index (χ1) is 3.50. The number of hydrogen-bond donors (Lipinski definition) is 0. The van der Waals surface area contributed by atoms with E-state index < -0.39 is 0 Å². The summed E-state index contributed by atoms with van der Waals surface area (Å²) in [6, 6.07) is 0. The van der Waals surface area contributed by atoms with Gasteiger partial charge >= 0.3 is 50.1 Å². The van der Waals surface area contributed by atoms with Crippen LogP contribution in [0.5, 0.6) is 0 Å². The molecule has 1 rings (SSSR count). The van der Waals surface area contributed by atoms with Crippen molar-refractivity contribution in [3.8, 4) is 4.73 Å². The Morgan fingerprint density at radius 3 is 3.14 bits per heavy atom. The third-order valence-corrected chi connectivity index (χ3v) is 3.02. The van der Waals surface area contributed by atoms with Gasteiger partial charge in [-0.25, -0.2) is 0 Å². The molecule has 1 heterocycles. The van der Waals surface area contributed by atoms with Crippen molar-refractivity contribution in [2.75, 3.05) is 0 Å². The van der Waals surface area contributed by atoms with Crippen LogP contribution < -0.4 is 0 Å². The van der Waals surface area contributed by atoms with Crippen LogP contribution in [-0.4, -0.2) is 14.3 Å². The standard InChI is InChI=1S/C6H10Se/c1-2-4-6-7-5-3-1/h1-5H2. The summed E-state index contributed by atoms with van der Waals surface area (Å²) in [5.41, 5.74) is 0. The molecule has 0 aromatic heterocycles. The van der Waals surface area contributed by atoms with Crippen LogP contribution in [0.2, 0.25) is 5.32 Å². The van der Waals surface area contributed by atoms with E-state index in [1.807, 2.05) is 0 Å². The summed E-state index contributed by atoms with van der Waals surface area (Å²) in [7, 11) is 0. The van der Waals surface area contributed by atoms with E-state index in [0.717, 1.165) is 14.3 Å². The molecule has 40 valence electrons. The van der Waals surface area contributed by atoms with Gasteiger partial charge in [0.05, 0.1) is 0 Å². The molecule has 0 nitrogen and oxygen atoms in total. The van der Waals surface area contributed by atoms with E-state index in [4.69, 9.17) is 0 Å². The first kappa shape index (κ1) is 5.44. The van der Waals surface area contributed by atoms with E-state index in [2.05, 4.69) is 4.73 Å². The first-order valence-corrected chi connectivity index (χ1v) is 4.91. The van der Waals surface area contributed by atoms with E-state index in [1.165, 1.54) is 31.0 Å². The molecule has 0 aromatic rings. The van der Waals surface area contributed by atoms with Gasteiger partial charge < -0.3 is 0 Å². The molecule has 0 radical (unpaired) electrons. The summed E-state index contributed by atoms with van der Waals surface area (Å²) in [5, 5.41) is 1.45. The average Bonchev–Trinajstić information content (AvgIpc) is 1.90. The summed E-state index contributed by atoms with van der Waals surface area (Å²) in [5.74, 6) is 0. The summed E-state index contributed by atoms with van der Waals surface area (Å²) in [4.78, 5) is 0. The molecule has 0 aliphatic carbocycles. The fourth-order valence-electron chi connectivity index (χ4n) is 0.693. The van der Waals surface area contributed by atoms with Crippen molar-refractivity contribution >= 4 is 14.3 Å². The normalized spacial score (nSPS) is 20.6. The van der Waals surface area contributed by atoms with Crippen molar-refractivity contribution < 1.29 is 0 Å². The van der Waals surface area contributed by atoms with Crippen LogP contribution in [0.1, 0.15) is 25.7 Å². The van der Waals surface area contributed by atoms with Crippen LogP contribution in [0, 0.1) is 4.73 Å². The zero-order valence-electron chi connectivity index (χ0n) is 4.44. The van der Waals surface area contributed by atoms with Gasteiger partial charge in [0.15, 0.2) is 0 Å². The van der Waals surface area contributed by atoms with E-state index >= 15 is 0 Å². The second kappa shape index (κ2) is 3.32. The van der Waals surface area contributed by atoms with Gasteiger partial charge in [0.2, 0.25) is 0 Å². The number of hydrogen-bond acceptors (Lipinski definition) is 0. The van der Waals surface area contributed by atoms with Gasteiger partial charge in [-0.15, -0.1) is 0 Å². The molecule has 0 bridgehead atoms. The fraction of sp³-hybridized carbons (Fsp3) is 0.833. The first-order valence-electron chi connectivity index (χ1n) is 2.85. The molecular weight excluding hydrogens is 151 g/mol. The molecule has 0 N–H and O–H groups in total. The van der Waals surface area contributed by atoms with Gasteiger partial charge in [-0.1, -0.05) is 0 Å². The Morgan fingerprint density at radius 2 is 2.14 bits per heavy atom. The third kappa shape index (κ3) is 2.19. The van der Waals surface area contributed by atoms with Crippen molar-refractivity contribution in [1.29, 1.82) is 0 Å². The van der Waals surface area contributed by atoms with Crippen LogP contribution >= 0.6 is 0 Å². The van der Waals surface area contributed by atoms with Crippen molar-refractivity contribution in [2.24, 2.45) is 0 Å². The van der Waals surface area contributed by atoms with E-state index in [1.54, 1.807) is 0 Å². The summed E-state index contributed by atoms with van der Waals surface area (Å²) in [6.07, 6.45) is 5.60. The van der Waals surface area contributed by atoms with E-state index in [0.29, 0.717) is 0 Å². The van der Waals surface area contributed by atoms with Gasteiger partial charge in [0, 0.05) is 0 Å². The average molecular weight is 161 g/mol. The Morgan fingerprint density at radius 1 is 1.14 bits per heavy atom. The van der Waals surface area contributed by atoms with Crippen LogP contribution in [0.25, 0.3) is 0 Å². The summed E-state index contributed by atoms with van der Waals surface area (Å²) in [6.45, 7) is 0. The fourth-order valence-corrected chi connectivity index (χ4v) is 2.33. The molecule has 1 heteroatoms.